The number of hydrogen-bond donors (Lipinski definition) is 1. The van der Waals surface area contributed by atoms with Crippen LogP contribution in [-0.4, -0.2) is 41.4 Å². The minimum Gasteiger partial charge on any atom is -0.444 e. The number of amides is 1. The van der Waals surface area contributed by atoms with Crippen LogP contribution in [-0.2, 0) is 4.74 Å². The van der Waals surface area contributed by atoms with Gasteiger partial charge in [0.1, 0.15) is 5.60 Å². The van der Waals surface area contributed by atoms with E-state index < -0.39 is 5.60 Å². The molecule has 2 rings (SSSR count). The van der Waals surface area contributed by atoms with Gasteiger partial charge < -0.3 is 14.7 Å². The molecule has 1 amide bonds. The van der Waals surface area contributed by atoms with E-state index in [2.05, 4.69) is 0 Å². The molecule has 0 spiro atoms. The summed E-state index contributed by atoms with van der Waals surface area (Å²) in [5, 5.41) is 9.29. The van der Waals surface area contributed by atoms with Gasteiger partial charge in [-0.25, -0.2) is 4.79 Å². The monoisotopic (exact) mass is 241 g/mol. The summed E-state index contributed by atoms with van der Waals surface area (Å²) in [6.45, 7) is 7.47. The Kier molecular flexibility index (Phi) is 3.34. The fourth-order valence-corrected chi connectivity index (χ4v) is 3.08. The molecule has 0 bridgehead atoms. The molecule has 1 saturated carbocycles. The molecule has 4 nitrogen and oxygen atoms in total. The molecule has 2 fully saturated rings. The van der Waals surface area contributed by atoms with Crippen LogP contribution >= 0.6 is 0 Å². The SMILES string of the molecule is CC(C)(C)OC(=O)N1C[C@@H]2CC[C@@H](CO)[C@@H]2C1. The lowest BCUT2D eigenvalue weighted by Gasteiger charge is -2.25. The average molecular weight is 241 g/mol. The van der Waals surface area contributed by atoms with E-state index in [1.807, 2.05) is 25.7 Å². The number of aliphatic hydroxyl groups excluding tert-OH is 1. The lowest BCUT2D eigenvalue weighted by molar-refractivity contribution is 0.0272. The molecule has 0 aromatic heterocycles. The van der Waals surface area contributed by atoms with E-state index in [1.54, 1.807) is 0 Å². The van der Waals surface area contributed by atoms with Crippen molar-refractivity contribution in [3.63, 3.8) is 0 Å². The second-order valence-electron chi connectivity index (χ2n) is 6.33. The van der Waals surface area contributed by atoms with Gasteiger partial charge in [0.15, 0.2) is 0 Å². The molecule has 4 heteroatoms. The first kappa shape index (κ1) is 12.7. The highest BCUT2D eigenvalue weighted by Gasteiger charge is 2.44. The van der Waals surface area contributed by atoms with Crippen molar-refractivity contribution in [2.24, 2.45) is 17.8 Å². The normalized spacial score (nSPS) is 32.7. The van der Waals surface area contributed by atoms with Crippen LogP contribution < -0.4 is 0 Å². The third kappa shape index (κ3) is 2.73. The molecular weight excluding hydrogens is 218 g/mol. The number of nitrogens with zero attached hydrogens (tertiary/aromatic N) is 1. The molecule has 0 aromatic carbocycles. The van der Waals surface area contributed by atoms with E-state index in [9.17, 15) is 9.90 Å². The highest BCUT2D eigenvalue weighted by Crippen LogP contribution is 2.42. The van der Waals surface area contributed by atoms with Gasteiger partial charge in [-0.2, -0.15) is 0 Å². The number of ether oxygens (including phenoxy) is 1. The first-order valence-corrected chi connectivity index (χ1v) is 6.49. The Bertz CT molecular complexity index is 298. The first-order chi connectivity index (χ1) is 7.90. The molecule has 1 aliphatic carbocycles. The van der Waals surface area contributed by atoms with Gasteiger partial charge in [0.2, 0.25) is 0 Å². The van der Waals surface area contributed by atoms with Crippen LogP contribution in [0.2, 0.25) is 0 Å². The highest BCUT2D eigenvalue weighted by molar-refractivity contribution is 5.68. The standard InChI is InChI=1S/C13H23NO3/c1-13(2,3)17-12(16)14-6-9-4-5-10(8-15)11(9)7-14/h9-11,15H,4-8H2,1-3H3/t9-,10-,11+/m0/s1. The average Bonchev–Trinajstić information content (AvgIpc) is 2.72. The molecule has 0 unspecified atom stereocenters. The zero-order valence-corrected chi connectivity index (χ0v) is 11.0. The van der Waals surface area contributed by atoms with Crippen LogP contribution in [0.25, 0.3) is 0 Å². The van der Waals surface area contributed by atoms with E-state index in [0.29, 0.717) is 17.8 Å². The Morgan fingerprint density at radius 1 is 1.35 bits per heavy atom. The summed E-state index contributed by atoms with van der Waals surface area (Å²) in [6, 6.07) is 0. The van der Waals surface area contributed by atoms with Gasteiger partial charge in [-0.3, -0.25) is 0 Å². The zero-order valence-electron chi connectivity index (χ0n) is 11.0. The molecule has 1 saturated heterocycles. The molecule has 1 heterocycles. The summed E-state index contributed by atoms with van der Waals surface area (Å²) in [6.07, 6.45) is 2.03. The number of hydrogen-bond acceptors (Lipinski definition) is 3. The van der Waals surface area contributed by atoms with Gasteiger partial charge in [0.25, 0.3) is 0 Å². The van der Waals surface area contributed by atoms with Crippen molar-refractivity contribution >= 4 is 6.09 Å². The van der Waals surface area contributed by atoms with Crippen LogP contribution in [0.15, 0.2) is 0 Å². The van der Waals surface area contributed by atoms with Crippen molar-refractivity contribution in [2.45, 2.75) is 39.2 Å². The number of likely N-dealkylation sites (tertiary alicyclic amines) is 1. The topological polar surface area (TPSA) is 49.8 Å². The summed E-state index contributed by atoms with van der Waals surface area (Å²) in [7, 11) is 0. The minimum absolute atomic E-state index is 0.205. The van der Waals surface area contributed by atoms with E-state index in [1.165, 1.54) is 0 Å². The van der Waals surface area contributed by atoms with Crippen molar-refractivity contribution in [1.29, 1.82) is 0 Å². The van der Waals surface area contributed by atoms with Crippen LogP contribution in [0.3, 0.4) is 0 Å². The Morgan fingerprint density at radius 3 is 2.65 bits per heavy atom. The van der Waals surface area contributed by atoms with E-state index in [0.717, 1.165) is 25.9 Å². The Morgan fingerprint density at radius 2 is 2.06 bits per heavy atom. The molecule has 0 aromatic rings. The smallest absolute Gasteiger partial charge is 0.410 e. The Balaban J connectivity index is 1.92. The number of carbonyl (C=O) groups is 1. The number of carbonyl (C=O) groups excluding carboxylic acids is 1. The lowest BCUT2D eigenvalue weighted by atomic mass is 9.93. The molecule has 17 heavy (non-hydrogen) atoms. The maximum atomic E-state index is 11.9. The van der Waals surface area contributed by atoms with Gasteiger partial charge in [-0.05, 0) is 51.4 Å². The summed E-state index contributed by atoms with van der Waals surface area (Å²) >= 11 is 0. The molecule has 3 atom stereocenters. The fraction of sp³-hybridized carbons (Fsp3) is 0.923. The van der Waals surface area contributed by atoms with Gasteiger partial charge in [0, 0.05) is 19.7 Å². The van der Waals surface area contributed by atoms with E-state index in [-0.39, 0.29) is 12.7 Å². The van der Waals surface area contributed by atoms with Crippen molar-refractivity contribution in [3.8, 4) is 0 Å². The first-order valence-electron chi connectivity index (χ1n) is 6.49. The lowest BCUT2D eigenvalue weighted by Crippen LogP contribution is -2.36. The minimum atomic E-state index is -0.425. The predicted octanol–water partition coefficient (Wildman–Crippen LogP) is 1.87. The molecule has 98 valence electrons. The summed E-state index contributed by atoms with van der Waals surface area (Å²) in [5.41, 5.74) is -0.425. The maximum absolute atomic E-state index is 11.9. The molecule has 0 radical (unpaired) electrons. The largest absolute Gasteiger partial charge is 0.444 e. The molecule has 1 N–H and O–H groups in total. The third-order valence-electron chi connectivity index (χ3n) is 3.89. The zero-order chi connectivity index (χ0) is 12.6. The van der Waals surface area contributed by atoms with Crippen molar-refractivity contribution < 1.29 is 14.6 Å². The number of aliphatic hydroxyl groups is 1. The second-order valence-corrected chi connectivity index (χ2v) is 6.33. The fourth-order valence-electron chi connectivity index (χ4n) is 3.08. The molecular formula is C13H23NO3. The van der Waals surface area contributed by atoms with Crippen molar-refractivity contribution in [2.75, 3.05) is 19.7 Å². The quantitative estimate of drug-likeness (QED) is 0.762. The Hall–Kier alpha value is -0.770. The van der Waals surface area contributed by atoms with Crippen LogP contribution in [0.5, 0.6) is 0 Å². The van der Waals surface area contributed by atoms with Crippen molar-refractivity contribution in [3.05, 3.63) is 0 Å². The predicted molar refractivity (Wildman–Crippen MR) is 64.6 cm³/mol. The van der Waals surface area contributed by atoms with Gasteiger partial charge in [-0.1, -0.05) is 0 Å². The number of fused-ring (bicyclic) bond motifs is 1. The summed E-state index contributed by atoms with van der Waals surface area (Å²) < 4.78 is 5.38. The van der Waals surface area contributed by atoms with Gasteiger partial charge >= 0.3 is 6.09 Å². The van der Waals surface area contributed by atoms with Gasteiger partial charge in [-0.15, -0.1) is 0 Å². The summed E-state index contributed by atoms with van der Waals surface area (Å²) in [4.78, 5) is 13.7. The summed E-state index contributed by atoms with van der Waals surface area (Å²) in [5.74, 6) is 1.43. The maximum Gasteiger partial charge on any atom is 0.410 e. The molecule has 1 aliphatic heterocycles. The van der Waals surface area contributed by atoms with Crippen LogP contribution in [0, 0.1) is 17.8 Å². The van der Waals surface area contributed by atoms with Gasteiger partial charge in [0.05, 0.1) is 0 Å². The number of rotatable bonds is 1. The van der Waals surface area contributed by atoms with E-state index >= 15 is 0 Å². The van der Waals surface area contributed by atoms with E-state index in [4.69, 9.17) is 4.74 Å². The molecule has 2 aliphatic rings. The van der Waals surface area contributed by atoms with Crippen LogP contribution in [0.1, 0.15) is 33.6 Å². The van der Waals surface area contributed by atoms with Crippen molar-refractivity contribution in [1.82, 2.24) is 4.90 Å². The Labute approximate surface area is 103 Å². The second kappa shape index (κ2) is 4.48. The van der Waals surface area contributed by atoms with Crippen LogP contribution in [0.4, 0.5) is 4.79 Å². The highest BCUT2D eigenvalue weighted by atomic mass is 16.6. The third-order valence-corrected chi connectivity index (χ3v) is 3.89.